The summed E-state index contributed by atoms with van der Waals surface area (Å²) in [6, 6.07) is 2.97. The number of carbonyl (C=O) groups is 1. The highest BCUT2D eigenvalue weighted by Gasteiger charge is 2.15. The van der Waals surface area contributed by atoms with Crippen molar-refractivity contribution >= 4 is 18.9 Å². The van der Waals surface area contributed by atoms with Gasteiger partial charge >= 0.3 is 7.12 Å². The Morgan fingerprint density at radius 1 is 1.43 bits per heavy atom. The lowest BCUT2D eigenvalue weighted by molar-refractivity contribution is 0.112. The van der Waals surface area contributed by atoms with Gasteiger partial charge in [-0.1, -0.05) is 6.07 Å². The molecule has 5 heteroatoms. The summed E-state index contributed by atoms with van der Waals surface area (Å²) in [7, 11) is -0.127. The zero-order valence-corrected chi connectivity index (χ0v) is 8.02. The Labute approximate surface area is 82.3 Å². The van der Waals surface area contributed by atoms with Gasteiger partial charge in [-0.15, -0.1) is 0 Å². The fraction of sp³-hybridized carbons (Fsp3) is 0.222. The number of hydrogen-bond donors (Lipinski definition) is 2. The van der Waals surface area contributed by atoms with E-state index in [4.69, 9.17) is 14.8 Å². The Morgan fingerprint density at radius 2 is 2.07 bits per heavy atom. The Kier molecular flexibility index (Phi) is 3.27. The quantitative estimate of drug-likeness (QED) is 0.502. The molecular formula is C9H11BO4. The minimum atomic E-state index is -1.55. The first kappa shape index (κ1) is 10.8. The van der Waals surface area contributed by atoms with E-state index in [2.05, 4.69) is 0 Å². The summed E-state index contributed by atoms with van der Waals surface area (Å²) in [5, 5.41) is 17.9. The molecule has 0 unspecified atom stereocenters. The predicted molar refractivity (Wildman–Crippen MR) is 52.9 cm³/mol. The predicted octanol–water partition coefficient (Wildman–Crippen LogP) is -0.504. The van der Waals surface area contributed by atoms with E-state index in [1.807, 2.05) is 0 Å². The van der Waals surface area contributed by atoms with Gasteiger partial charge in [-0.3, -0.25) is 4.79 Å². The summed E-state index contributed by atoms with van der Waals surface area (Å²) >= 11 is 0. The topological polar surface area (TPSA) is 66.8 Å². The second-order valence-electron chi connectivity index (χ2n) is 2.95. The van der Waals surface area contributed by atoms with Crippen LogP contribution in [0.1, 0.15) is 15.9 Å². The normalized spacial score (nSPS) is 9.71. The van der Waals surface area contributed by atoms with Crippen LogP contribution in [0.25, 0.3) is 0 Å². The van der Waals surface area contributed by atoms with Crippen molar-refractivity contribution < 1.29 is 19.6 Å². The number of carbonyl (C=O) groups excluding carboxylic acids is 1. The average Bonchev–Trinajstić information content (AvgIpc) is 2.16. The van der Waals surface area contributed by atoms with Crippen LogP contribution < -0.4 is 10.2 Å². The van der Waals surface area contributed by atoms with E-state index in [-0.39, 0.29) is 0 Å². The van der Waals surface area contributed by atoms with Crippen LogP contribution in [0.5, 0.6) is 5.75 Å². The highest BCUT2D eigenvalue weighted by Crippen LogP contribution is 2.18. The lowest BCUT2D eigenvalue weighted by atomic mass is 9.79. The van der Waals surface area contributed by atoms with Crippen LogP contribution in [0, 0.1) is 6.92 Å². The molecule has 0 saturated carbocycles. The summed E-state index contributed by atoms with van der Waals surface area (Å²) < 4.78 is 4.95. The number of benzene rings is 1. The summed E-state index contributed by atoms with van der Waals surface area (Å²) in [4.78, 5) is 10.7. The molecule has 1 rings (SSSR count). The van der Waals surface area contributed by atoms with E-state index < -0.39 is 7.12 Å². The molecule has 0 spiro atoms. The molecule has 0 aliphatic rings. The average molecular weight is 194 g/mol. The monoisotopic (exact) mass is 194 g/mol. The molecule has 74 valence electrons. The SMILES string of the molecule is COc1cc(B(O)O)cc(C)c1C=O. The molecule has 0 heterocycles. The van der Waals surface area contributed by atoms with Gasteiger partial charge in [-0.05, 0) is 24.0 Å². The third-order valence-corrected chi connectivity index (χ3v) is 2.01. The van der Waals surface area contributed by atoms with Gasteiger partial charge in [0.1, 0.15) is 5.75 Å². The Hall–Kier alpha value is -1.33. The van der Waals surface area contributed by atoms with E-state index in [0.717, 1.165) is 0 Å². The number of aryl methyl sites for hydroxylation is 1. The first-order chi connectivity index (χ1) is 6.60. The zero-order chi connectivity index (χ0) is 10.7. The second-order valence-corrected chi connectivity index (χ2v) is 2.95. The highest BCUT2D eigenvalue weighted by atomic mass is 16.5. The van der Waals surface area contributed by atoms with Crippen molar-refractivity contribution in [3.05, 3.63) is 23.3 Å². The van der Waals surface area contributed by atoms with Gasteiger partial charge in [0.15, 0.2) is 6.29 Å². The summed E-state index contributed by atoms with van der Waals surface area (Å²) in [6.45, 7) is 1.71. The zero-order valence-electron chi connectivity index (χ0n) is 8.02. The van der Waals surface area contributed by atoms with Crippen molar-refractivity contribution in [3.63, 3.8) is 0 Å². The third-order valence-electron chi connectivity index (χ3n) is 2.01. The molecule has 0 aliphatic heterocycles. The van der Waals surface area contributed by atoms with Crippen LogP contribution in [-0.2, 0) is 0 Å². The largest absolute Gasteiger partial charge is 0.496 e. The molecule has 1 aromatic rings. The Bertz CT molecular complexity index is 349. The van der Waals surface area contributed by atoms with E-state index in [1.54, 1.807) is 6.92 Å². The van der Waals surface area contributed by atoms with Gasteiger partial charge in [0.2, 0.25) is 0 Å². The molecular weight excluding hydrogens is 183 g/mol. The third kappa shape index (κ3) is 1.94. The van der Waals surface area contributed by atoms with Crippen molar-refractivity contribution in [2.75, 3.05) is 7.11 Å². The van der Waals surface area contributed by atoms with Crippen molar-refractivity contribution in [2.24, 2.45) is 0 Å². The maximum absolute atomic E-state index is 10.7. The van der Waals surface area contributed by atoms with Crippen LogP contribution in [-0.4, -0.2) is 30.6 Å². The molecule has 1 aromatic carbocycles. The highest BCUT2D eigenvalue weighted by molar-refractivity contribution is 6.58. The maximum Gasteiger partial charge on any atom is 0.488 e. The van der Waals surface area contributed by atoms with Gasteiger partial charge in [0.25, 0.3) is 0 Å². The number of aldehydes is 1. The van der Waals surface area contributed by atoms with Crippen molar-refractivity contribution in [1.29, 1.82) is 0 Å². The fourth-order valence-electron chi connectivity index (χ4n) is 1.26. The number of methoxy groups -OCH3 is 1. The number of rotatable bonds is 3. The van der Waals surface area contributed by atoms with Crippen LogP contribution in [0.15, 0.2) is 12.1 Å². The standard InChI is InChI=1S/C9H11BO4/c1-6-3-7(10(12)13)4-9(14-2)8(6)5-11/h3-5,12-13H,1-2H3. The van der Waals surface area contributed by atoms with Crippen molar-refractivity contribution in [3.8, 4) is 5.75 Å². The van der Waals surface area contributed by atoms with Crippen LogP contribution in [0.3, 0.4) is 0 Å². The second kappa shape index (κ2) is 4.26. The van der Waals surface area contributed by atoms with Crippen LogP contribution in [0.2, 0.25) is 0 Å². The van der Waals surface area contributed by atoms with Gasteiger partial charge in [-0.25, -0.2) is 0 Å². The smallest absolute Gasteiger partial charge is 0.488 e. The van der Waals surface area contributed by atoms with Gasteiger partial charge in [-0.2, -0.15) is 0 Å². The van der Waals surface area contributed by atoms with E-state index in [0.29, 0.717) is 28.6 Å². The molecule has 4 nitrogen and oxygen atoms in total. The Morgan fingerprint density at radius 3 is 2.50 bits per heavy atom. The Balaban J connectivity index is 3.31. The maximum atomic E-state index is 10.7. The summed E-state index contributed by atoms with van der Waals surface area (Å²) in [6.07, 6.45) is 0.682. The molecule has 0 bridgehead atoms. The minimum Gasteiger partial charge on any atom is -0.496 e. The minimum absolute atomic E-state index is 0.310. The number of hydrogen-bond acceptors (Lipinski definition) is 4. The molecule has 2 N–H and O–H groups in total. The molecule has 0 radical (unpaired) electrons. The lowest BCUT2D eigenvalue weighted by Gasteiger charge is -2.09. The van der Waals surface area contributed by atoms with Gasteiger partial charge < -0.3 is 14.8 Å². The van der Waals surface area contributed by atoms with Crippen LogP contribution >= 0.6 is 0 Å². The van der Waals surface area contributed by atoms with E-state index in [1.165, 1.54) is 19.2 Å². The molecule has 14 heavy (non-hydrogen) atoms. The molecule has 0 atom stereocenters. The van der Waals surface area contributed by atoms with Crippen molar-refractivity contribution in [1.82, 2.24) is 0 Å². The lowest BCUT2D eigenvalue weighted by Crippen LogP contribution is -2.30. The summed E-state index contributed by atoms with van der Waals surface area (Å²) in [5.74, 6) is 0.350. The van der Waals surface area contributed by atoms with Gasteiger partial charge in [0, 0.05) is 0 Å². The first-order valence-corrected chi connectivity index (χ1v) is 4.10. The van der Waals surface area contributed by atoms with Gasteiger partial charge in [0.05, 0.1) is 12.7 Å². The fourth-order valence-corrected chi connectivity index (χ4v) is 1.26. The number of ether oxygens (including phenoxy) is 1. The molecule has 0 fully saturated rings. The molecule has 0 saturated heterocycles. The molecule has 0 aromatic heterocycles. The van der Waals surface area contributed by atoms with Crippen molar-refractivity contribution in [2.45, 2.75) is 6.92 Å². The molecule has 0 aliphatic carbocycles. The summed E-state index contributed by atoms with van der Waals surface area (Å²) in [5.41, 5.74) is 1.39. The van der Waals surface area contributed by atoms with E-state index >= 15 is 0 Å². The van der Waals surface area contributed by atoms with E-state index in [9.17, 15) is 4.79 Å². The molecule has 0 amide bonds. The van der Waals surface area contributed by atoms with Crippen LogP contribution in [0.4, 0.5) is 0 Å². The first-order valence-electron chi connectivity index (χ1n) is 4.10.